The van der Waals surface area contributed by atoms with Crippen LogP contribution in [-0.2, 0) is 0 Å². The SMILES string of the molecule is Cc1ccc(O)c(C)c1-n1c(N)c(C(N)=O)c2cnc3cccnc3c21. The van der Waals surface area contributed by atoms with E-state index in [0.29, 0.717) is 33.2 Å². The maximum absolute atomic E-state index is 12.1. The molecule has 0 unspecified atom stereocenters. The number of phenols is 1. The largest absolute Gasteiger partial charge is 0.508 e. The van der Waals surface area contributed by atoms with Gasteiger partial charge in [0.25, 0.3) is 5.91 Å². The number of primary amides is 1. The van der Waals surface area contributed by atoms with Gasteiger partial charge in [-0.3, -0.25) is 19.3 Å². The van der Waals surface area contributed by atoms with E-state index < -0.39 is 5.91 Å². The van der Waals surface area contributed by atoms with E-state index in [2.05, 4.69) is 9.97 Å². The first kappa shape index (κ1) is 15.9. The molecule has 0 aliphatic heterocycles. The zero-order valence-electron chi connectivity index (χ0n) is 14.3. The number of nitrogen functional groups attached to an aromatic ring is 1. The first-order chi connectivity index (χ1) is 12.4. The average Bonchev–Trinajstić information content (AvgIpc) is 2.91. The van der Waals surface area contributed by atoms with Crippen LogP contribution < -0.4 is 11.5 Å². The summed E-state index contributed by atoms with van der Waals surface area (Å²) >= 11 is 0. The van der Waals surface area contributed by atoms with E-state index in [1.807, 2.05) is 13.0 Å². The molecule has 26 heavy (non-hydrogen) atoms. The quantitative estimate of drug-likeness (QED) is 0.515. The van der Waals surface area contributed by atoms with Crippen LogP contribution >= 0.6 is 0 Å². The van der Waals surface area contributed by atoms with E-state index >= 15 is 0 Å². The molecule has 3 heterocycles. The van der Waals surface area contributed by atoms with Crippen molar-refractivity contribution in [2.24, 2.45) is 5.73 Å². The van der Waals surface area contributed by atoms with E-state index in [4.69, 9.17) is 11.5 Å². The number of rotatable bonds is 2. The molecule has 0 bridgehead atoms. The van der Waals surface area contributed by atoms with Gasteiger partial charge in [0, 0.05) is 23.3 Å². The molecule has 4 rings (SSSR count). The van der Waals surface area contributed by atoms with Crippen LogP contribution in [-0.4, -0.2) is 25.5 Å². The lowest BCUT2D eigenvalue weighted by Gasteiger charge is -2.16. The molecule has 5 N–H and O–H groups in total. The Kier molecular flexibility index (Phi) is 3.33. The summed E-state index contributed by atoms with van der Waals surface area (Å²) in [6.07, 6.45) is 3.24. The number of carbonyl (C=O) groups is 1. The predicted molar refractivity (Wildman–Crippen MR) is 100 cm³/mol. The molecule has 130 valence electrons. The van der Waals surface area contributed by atoms with Gasteiger partial charge in [-0.05, 0) is 37.6 Å². The normalized spacial score (nSPS) is 11.3. The molecule has 0 saturated heterocycles. The van der Waals surface area contributed by atoms with E-state index in [0.717, 1.165) is 5.56 Å². The Balaban J connectivity index is 2.30. The Morgan fingerprint density at radius 1 is 1.19 bits per heavy atom. The Hall–Kier alpha value is -3.61. The second-order valence-electron chi connectivity index (χ2n) is 6.23. The molecule has 0 spiro atoms. The summed E-state index contributed by atoms with van der Waals surface area (Å²) in [6.45, 7) is 3.71. The number of nitrogens with zero attached hydrogens (tertiary/aromatic N) is 3. The van der Waals surface area contributed by atoms with Gasteiger partial charge in [0.05, 0.1) is 22.3 Å². The molecular weight excluding hydrogens is 330 g/mol. The summed E-state index contributed by atoms with van der Waals surface area (Å²) in [5.41, 5.74) is 16.3. The molecule has 7 heteroatoms. The van der Waals surface area contributed by atoms with E-state index in [1.54, 1.807) is 42.1 Å². The highest BCUT2D eigenvalue weighted by Gasteiger charge is 2.24. The topological polar surface area (TPSA) is 120 Å². The Morgan fingerprint density at radius 3 is 2.69 bits per heavy atom. The van der Waals surface area contributed by atoms with Crippen molar-refractivity contribution < 1.29 is 9.90 Å². The number of carbonyl (C=O) groups excluding carboxylic acids is 1. The maximum atomic E-state index is 12.1. The average molecular weight is 347 g/mol. The number of benzene rings is 1. The number of hydrogen-bond donors (Lipinski definition) is 3. The number of hydrogen-bond acceptors (Lipinski definition) is 5. The summed E-state index contributed by atoms with van der Waals surface area (Å²) in [7, 11) is 0. The minimum absolute atomic E-state index is 0.138. The van der Waals surface area contributed by atoms with Gasteiger partial charge < -0.3 is 16.6 Å². The van der Waals surface area contributed by atoms with Gasteiger partial charge >= 0.3 is 0 Å². The summed E-state index contributed by atoms with van der Waals surface area (Å²) in [5.74, 6) is -0.304. The van der Waals surface area contributed by atoms with Gasteiger partial charge in [0.15, 0.2) is 0 Å². The number of amides is 1. The predicted octanol–water partition coefficient (Wildman–Crippen LogP) is 2.58. The van der Waals surface area contributed by atoms with Crippen molar-refractivity contribution in [2.75, 3.05) is 5.73 Å². The lowest BCUT2D eigenvalue weighted by Crippen LogP contribution is -2.14. The summed E-state index contributed by atoms with van der Waals surface area (Å²) in [5, 5.41) is 10.7. The number of aryl methyl sites for hydroxylation is 1. The third kappa shape index (κ3) is 2.03. The fraction of sp³-hybridized carbons (Fsp3) is 0.105. The minimum Gasteiger partial charge on any atom is -0.508 e. The van der Waals surface area contributed by atoms with Gasteiger partial charge in [0.1, 0.15) is 17.1 Å². The number of fused-ring (bicyclic) bond motifs is 3. The highest BCUT2D eigenvalue weighted by molar-refractivity contribution is 6.16. The number of nitrogens with two attached hydrogens (primary N) is 2. The fourth-order valence-electron chi connectivity index (χ4n) is 3.45. The minimum atomic E-state index is -0.640. The van der Waals surface area contributed by atoms with Gasteiger partial charge in [-0.2, -0.15) is 0 Å². The number of aromatic nitrogens is 3. The summed E-state index contributed by atoms with van der Waals surface area (Å²) in [6, 6.07) is 7.05. The van der Waals surface area contributed by atoms with Crippen LogP contribution in [0.25, 0.3) is 27.6 Å². The second kappa shape index (κ2) is 5.45. The Morgan fingerprint density at radius 2 is 1.96 bits per heavy atom. The van der Waals surface area contributed by atoms with Crippen LogP contribution in [0.1, 0.15) is 21.5 Å². The molecule has 7 nitrogen and oxygen atoms in total. The van der Waals surface area contributed by atoms with Crippen LogP contribution in [0.15, 0.2) is 36.7 Å². The van der Waals surface area contributed by atoms with Crippen molar-refractivity contribution in [1.82, 2.24) is 14.5 Å². The highest BCUT2D eigenvalue weighted by Crippen LogP contribution is 2.38. The Bertz CT molecular complexity index is 1210. The maximum Gasteiger partial charge on any atom is 0.253 e. The molecule has 1 amide bonds. The van der Waals surface area contributed by atoms with Crippen molar-refractivity contribution in [3.05, 3.63) is 53.3 Å². The zero-order chi connectivity index (χ0) is 18.6. The van der Waals surface area contributed by atoms with Crippen LogP contribution in [0.3, 0.4) is 0 Å². The second-order valence-corrected chi connectivity index (χ2v) is 6.23. The van der Waals surface area contributed by atoms with Gasteiger partial charge in [-0.15, -0.1) is 0 Å². The van der Waals surface area contributed by atoms with Crippen molar-refractivity contribution >= 4 is 33.7 Å². The van der Waals surface area contributed by atoms with Crippen molar-refractivity contribution in [2.45, 2.75) is 13.8 Å². The molecule has 0 saturated carbocycles. The van der Waals surface area contributed by atoms with E-state index in [9.17, 15) is 9.90 Å². The van der Waals surface area contributed by atoms with Crippen molar-refractivity contribution in [3.63, 3.8) is 0 Å². The third-order valence-electron chi connectivity index (χ3n) is 4.66. The van der Waals surface area contributed by atoms with E-state index in [-0.39, 0.29) is 17.1 Å². The fourth-order valence-corrected chi connectivity index (χ4v) is 3.45. The third-order valence-corrected chi connectivity index (χ3v) is 4.66. The summed E-state index contributed by atoms with van der Waals surface area (Å²) in [4.78, 5) is 20.9. The highest BCUT2D eigenvalue weighted by atomic mass is 16.3. The molecule has 0 radical (unpaired) electrons. The molecular formula is C19H17N5O2. The van der Waals surface area contributed by atoms with Crippen LogP contribution in [0.2, 0.25) is 0 Å². The van der Waals surface area contributed by atoms with Gasteiger partial charge in [-0.1, -0.05) is 6.07 Å². The van der Waals surface area contributed by atoms with Crippen LogP contribution in [0.5, 0.6) is 5.75 Å². The van der Waals surface area contributed by atoms with Gasteiger partial charge in [-0.25, -0.2) is 0 Å². The molecule has 4 aromatic rings. The first-order valence-electron chi connectivity index (χ1n) is 8.04. The zero-order valence-corrected chi connectivity index (χ0v) is 14.3. The molecule has 3 aromatic heterocycles. The molecule has 0 atom stereocenters. The molecule has 0 aliphatic rings. The van der Waals surface area contributed by atoms with Crippen LogP contribution in [0.4, 0.5) is 5.82 Å². The van der Waals surface area contributed by atoms with Crippen LogP contribution in [0, 0.1) is 13.8 Å². The van der Waals surface area contributed by atoms with Gasteiger partial charge in [0.2, 0.25) is 0 Å². The first-order valence-corrected chi connectivity index (χ1v) is 8.04. The lowest BCUT2D eigenvalue weighted by atomic mass is 10.1. The lowest BCUT2D eigenvalue weighted by molar-refractivity contribution is 0.100. The number of phenolic OH excluding ortho intramolecular Hbond substituents is 1. The number of aromatic hydroxyl groups is 1. The smallest absolute Gasteiger partial charge is 0.253 e. The number of anilines is 1. The standard InChI is InChI=1S/C19H17N5O2/c1-9-5-6-13(25)10(2)16(9)24-17-11(14(18(24)20)19(21)26)8-23-12-4-3-7-22-15(12)17/h3-8,25H,20H2,1-2H3,(H2,21,26). The summed E-state index contributed by atoms with van der Waals surface area (Å²) < 4.78 is 1.73. The number of pyridine rings is 2. The van der Waals surface area contributed by atoms with E-state index in [1.165, 1.54) is 0 Å². The molecule has 0 aliphatic carbocycles. The monoisotopic (exact) mass is 347 g/mol. The molecule has 1 aromatic carbocycles. The van der Waals surface area contributed by atoms with Crippen molar-refractivity contribution in [1.29, 1.82) is 0 Å². The molecule has 0 fully saturated rings. The van der Waals surface area contributed by atoms with Crippen molar-refractivity contribution in [3.8, 4) is 11.4 Å². The Labute approximate surface area is 148 Å².